The van der Waals surface area contributed by atoms with E-state index in [0.717, 1.165) is 24.8 Å². The van der Waals surface area contributed by atoms with Crippen molar-refractivity contribution in [3.05, 3.63) is 69.7 Å². The van der Waals surface area contributed by atoms with Gasteiger partial charge in [-0.3, -0.25) is 9.59 Å². The van der Waals surface area contributed by atoms with Crippen LogP contribution < -0.4 is 10.6 Å². The van der Waals surface area contributed by atoms with E-state index < -0.39 is 30.9 Å². The highest BCUT2D eigenvalue weighted by Gasteiger charge is 2.38. The fourth-order valence-electron chi connectivity index (χ4n) is 3.47. The normalized spacial score (nSPS) is 15.6. The van der Waals surface area contributed by atoms with Gasteiger partial charge in [-0.1, -0.05) is 60.0 Å². The summed E-state index contributed by atoms with van der Waals surface area (Å²) in [7, 11) is -1.67. The molecule has 4 N–H and O–H groups in total. The number of hydrogen-bond acceptors (Lipinski definition) is 4. The van der Waals surface area contributed by atoms with Crippen molar-refractivity contribution in [1.29, 1.82) is 0 Å². The quantitative estimate of drug-likeness (QED) is 0.466. The van der Waals surface area contributed by atoms with Crippen molar-refractivity contribution < 1.29 is 19.6 Å². The molecule has 2 amide bonds. The monoisotopic (exact) mass is 448 g/mol. The van der Waals surface area contributed by atoms with Crippen molar-refractivity contribution in [2.24, 2.45) is 5.92 Å². The third kappa shape index (κ3) is 5.76. The molecule has 1 fully saturated rings. The molecule has 2 atom stereocenters. The standard InChI is InChI=1S/C21H23BCl2N2O4/c23-15-9-10-17(24)16(12-15)20(27)25-18(11-13-5-2-1-3-6-13)21(28)26-19(22(29)30)14-7-4-8-14/h1-3,5-6,9-10,12,14,18-19,29-30H,4,7-8,11H2,(H,25,27)(H,26,28)/t18-,19-/m0/s1. The van der Waals surface area contributed by atoms with Crippen LogP contribution in [0.2, 0.25) is 10.0 Å². The minimum Gasteiger partial charge on any atom is -0.426 e. The summed E-state index contributed by atoms with van der Waals surface area (Å²) in [5.74, 6) is -1.81. The minimum absolute atomic E-state index is 0.00408. The first-order valence-corrected chi connectivity index (χ1v) is 10.6. The van der Waals surface area contributed by atoms with E-state index in [1.165, 1.54) is 12.1 Å². The van der Waals surface area contributed by atoms with Crippen LogP contribution in [0.5, 0.6) is 0 Å². The fourth-order valence-corrected chi connectivity index (χ4v) is 3.84. The maximum Gasteiger partial charge on any atom is 0.475 e. The molecular weight excluding hydrogens is 426 g/mol. The zero-order valence-corrected chi connectivity index (χ0v) is 17.7. The highest BCUT2D eigenvalue weighted by molar-refractivity contribution is 6.43. The smallest absolute Gasteiger partial charge is 0.426 e. The van der Waals surface area contributed by atoms with Gasteiger partial charge in [0.2, 0.25) is 5.91 Å². The molecule has 1 aliphatic rings. The van der Waals surface area contributed by atoms with Crippen LogP contribution in [0.3, 0.4) is 0 Å². The second-order valence-electron chi connectivity index (χ2n) is 7.48. The summed E-state index contributed by atoms with van der Waals surface area (Å²) in [5, 5.41) is 25.4. The lowest BCUT2D eigenvalue weighted by Gasteiger charge is -2.34. The molecule has 2 aromatic carbocycles. The molecule has 0 spiro atoms. The van der Waals surface area contributed by atoms with Crippen LogP contribution in [0, 0.1) is 5.92 Å². The summed E-state index contributed by atoms with van der Waals surface area (Å²) in [4.78, 5) is 25.8. The van der Waals surface area contributed by atoms with Gasteiger partial charge in [-0.25, -0.2) is 0 Å². The molecule has 1 saturated carbocycles. The Balaban J connectivity index is 1.79. The van der Waals surface area contributed by atoms with E-state index in [1.54, 1.807) is 6.07 Å². The first-order chi connectivity index (χ1) is 14.3. The number of carbonyl (C=O) groups is 2. The lowest BCUT2D eigenvalue weighted by Crippen LogP contribution is -2.58. The largest absolute Gasteiger partial charge is 0.475 e. The lowest BCUT2D eigenvalue weighted by atomic mass is 9.64. The van der Waals surface area contributed by atoms with Crippen molar-refractivity contribution >= 4 is 42.1 Å². The predicted octanol–water partition coefficient (Wildman–Crippen LogP) is 2.63. The van der Waals surface area contributed by atoms with E-state index in [2.05, 4.69) is 10.6 Å². The number of carbonyl (C=O) groups excluding carboxylic acids is 2. The first kappa shape index (κ1) is 22.6. The molecule has 0 bridgehead atoms. The van der Waals surface area contributed by atoms with Crippen LogP contribution in [0.25, 0.3) is 0 Å². The van der Waals surface area contributed by atoms with E-state index >= 15 is 0 Å². The molecule has 0 radical (unpaired) electrons. The molecule has 9 heteroatoms. The van der Waals surface area contributed by atoms with Crippen molar-refractivity contribution in [3.8, 4) is 0 Å². The van der Waals surface area contributed by atoms with Gasteiger partial charge >= 0.3 is 7.12 Å². The molecular formula is C21H23BCl2N2O4. The molecule has 0 heterocycles. The number of halogens is 2. The Morgan fingerprint density at radius 3 is 2.37 bits per heavy atom. The summed E-state index contributed by atoms with van der Waals surface area (Å²) in [6.45, 7) is 0. The number of nitrogens with one attached hydrogen (secondary N) is 2. The molecule has 3 rings (SSSR count). The van der Waals surface area contributed by atoms with Crippen LogP contribution in [-0.4, -0.2) is 41.0 Å². The molecule has 0 unspecified atom stereocenters. The fraction of sp³-hybridized carbons (Fsp3) is 0.333. The van der Waals surface area contributed by atoms with E-state index in [0.29, 0.717) is 5.02 Å². The second kappa shape index (κ2) is 10.3. The summed E-state index contributed by atoms with van der Waals surface area (Å²) in [5.41, 5.74) is 1.01. The lowest BCUT2D eigenvalue weighted by molar-refractivity contribution is -0.123. The second-order valence-corrected chi connectivity index (χ2v) is 8.32. The van der Waals surface area contributed by atoms with Gasteiger partial charge in [0.25, 0.3) is 5.91 Å². The predicted molar refractivity (Wildman–Crippen MR) is 117 cm³/mol. The van der Waals surface area contributed by atoms with Crippen LogP contribution in [0.1, 0.15) is 35.2 Å². The summed E-state index contributed by atoms with van der Waals surface area (Å²) in [6, 6.07) is 12.8. The Morgan fingerprint density at radius 2 is 1.77 bits per heavy atom. The topological polar surface area (TPSA) is 98.7 Å². The van der Waals surface area contributed by atoms with Gasteiger partial charge in [-0.2, -0.15) is 0 Å². The van der Waals surface area contributed by atoms with E-state index in [1.807, 2.05) is 30.3 Å². The summed E-state index contributed by atoms with van der Waals surface area (Å²) < 4.78 is 0. The highest BCUT2D eigenvalue weighted by atomic mass is 35.5. The van der Waals surface area contributed by atoms with Crippen LogP contribution >= 0.6 is 23.2 Å². The summed E-state index contributed by atoms with van der Waals surface area (Å²) in [6.07, 6.45) is 2.85. The molecule has 2 aromatic rings. The van der Waals surface area contributed by atoms with Gasteiger partial charge in [-0.15, -0.1) is 0 Å². The van der Waals surface area contributed by atoms with Crippen molar-refractivity contribution in [2.75, 3.05) is 0 Å². The zero-order valence-electron chi connectivity index (χ0n) is 16.2. The van der Waals surface area contributed by atoms with Crippen molar-refractivity contribution in [1.82, 2.24) is 10.6 Å². The van der Waals surface area contributed by atoms with Gasteiger partial charge in [-0.05, 0) is 42.5 Å². The molecule has 6 nitrogen and oxygen atoms in total. The maximum absolute atomic E-state index is 13.0. The molecule has 0 saturated heterocycles. The Hall–Kier alpha value is -2.06. The van der Waals surface area contributed by atoms with Crippen molar-refractivity contribution in [2.45, 2.75) is 37.7 Å². The molecule has 1 aliphatic carbocycles. The van der Waals surface area contributed by atoms with Crippen LogP contribution in [0.15, 0.2) is 48.5 Å². The van der Waals surface area contributed by atoms with Gasteiger partial charge in [0, 0.05) is 11.4 Å². The Labute approximate surface area is 185 Å². The SMILES string of the molecule is O=C(N[C@@H](Cc1ccccc1)C(=O)N[C@H](B(O)O)C1CCC1)c1cc(Cl)ccc1Cl. The van der Waals surface area contributed by atoms with Crippen molar-refractivity contribution in [3.63, 3.8) is 0 Å². The van der Waals surface area contributed by atoms with Crippen LogP contribution in [-0.2, 0) is 11.2 Å². The van der Waals surface area contributed by atoms with Gasteiger partial charge in [0.1, 0.15) is 6.04 Å². The Bertz CT molecular complexity index is 894. The van der Waals surface area contributed by atoms with E-state index in [-0.39, 0.29) is 22.9 Å². The van der Waals surface area contributed by atoms with E-state index in [4.69, 9.17) is 23.2 Å². The number of amides is 2. The first-order valence-electron chi connectivity index (χ1n) is 9.81. The van der Waals surface area contributed by atoms with Gasteiger partial charge < -0.3 is 20.7 Å². The van der Waals surface area contributed by atoms with E-state index in [9.17, 15) is 19.6 Å². The highest BCUT2D eigenvalue weighted by Crippen LogP contribution is 2.30. The van der Waals surface area contributed by atoms with Gasteiger partial charge in [0.05, 0.1) is 16.5 Å². The number of rotatable bonds is 8. The third-order valence-corrected chi connectivity index (χ3v) is 5.93. The number of hydrogen-bond donors (Lipinski definition) is 4. The average Bonchev–Trinajstić information content (AvgIpc) is 2.68. The average molecular weight is 449 g/mol. The minimum atomic E-state index is -1.67. The summed E-state index contributed by atoms with van der Waals surface area (Å²) >= 11 is 12.1. The van der Waals surface area contributed by atoms with Crippen LogP contribution in [0.4, 0.5) is 0 Å². The Kier molecular flexibility index (Phi) is 7.78. The molecule has 0 aromatic heterocycles. The van der Waals surface area contributed by atoms with Gasteiger partial charge in [0.15, 0.2) is 0 Å². The molecule has 158 valence electrons. The Morgan fingerprint density at radius 1 is 1.07 bits per heavy atom. The molecule has 0 aliphatic heterocycles. The zero-order chi connectivity index (χ0) is 21.7. The molecule has 30 heavy (non-hydrogen) atoms. The third-order valence-electron chi connectivity index (χ3n) is 5.37. The maximum atomic E-state index is 13.0. The number of benzene rings is 2.